The van der Waals surface area contributed by atoms with Gasteiger partial charge in [-0.05, 0) is 50.7 Å². The van der Waals surface area contributed by atoms with Crippen molar-refractivity contribution >= 4 is 17.0 Å². The van der Waals surface area contributed by atoms with Gasteiger partial charge in [0.15, 0.2) is 0 Å². The van der Waals surface area contributed by atoms with Crippen LogP contribution in [0.15, 0.2) is 18.2 Å². The smallest absolute Gasteiger partial charge is 0.308 e. The maximum atomic E-state index is 13.3. The fourth-order valence-corrected chi connectivity index (χ4v) is 3.46. The fourth-order valence-electron chi connectivity index (χ4n) is 3.46. The SMILES string of the molecule is COC(=O)[C@H]1CC[C@H](Cn2c(C)nc3cc(F)ccc32)CC1. The Hall–Kier alpha value is -1.91. The van der Waals surface area contributed by atoms with Crippen LogP contribution in [0.2, 0.25) is 0 Å². The van der Waals surface area contributed by atoms with Crippen molar-refractivity contribution in [3.8, 4) is 0 Å². The monoisotopic (exact) mass is 304 g/mol. The Balaban J connectivity index is 1.72. The molecule has 22 heavy (non-hydrogen) atoms. The summed E-state index contributed by atoms with van der Waals surface area (Å²) in [6.45, 7) is 2.83. The van der Waals surface area contributed by atoms with Gasteiger partial charge in [-0.2, -0.15) is 0 Å². The van der Waals surface area contributed by atoms with Crippen LogP contribution in [0.3, 0.4) is 0 Å². The summed E-state index contributed by atoms with van der Waals surface area (Å²) in [4.78, 5) is 16.0. The highest BCUT2D eigenvalue weighted by molar-refractivity contribution is 5.76. The first-order valence-corrected chi connectivity index (χ1v) is 7.78. The van der Waals surface area contributed by atoms with Crippen molar-refractivity contribution in [3.63, 3.8) is 0 Å². The Labute approximate surface area is 129 Å². The number of imidazole rings is 1. The summed E-state index contributed by atoms with van der Waals surface area (Å²) >= 11 is 0. The molecule has 0 N–H and O–H groups in total. The highest BCUT2D eigenvalue weighted by Gasteiger charge is 2.27. The second-order valence-electron chi connectivity index (χ2n) is 6.14. The van der Waals surface area contributed by atoms with E-state index in [1.165, 1.54) is 19.2 Å². The number of aromatic nitrogens is 2. The van der Waals surface area contributed by atoms with Crippen molar-refractivity contribution in [3.05, 3.63) is 29.8 Å². The molecule has 0 amide bonds. The number of carbonyl (C=O) groups is 1. The highest BCUT2D eigenvalue weighted by atomic mass is 19.1. The Kier molecular flexibility index (Phi) is 4.14. The van der Waals surface area contributed by atoms with Crippen molar-refractivity contribution in [1.82, 2.24) is 9.55 Å². The number of rotatable bonds is 3. The average Bonchev–Trinajstić information content (AvgIpc) is 2.82. The molecule has 1 aliphatic carbocycles. The van der Waals surface area contributed by atoms with E-state index in [4.69, 9.17) is 4.74 Å². The van der Waals surface area contributed by atoms with Crippen LogP contribution in [-0.4, -0.2) is 22.6 Å². The van der Waals surface area contributed by atoms with Gasteiger partial charge in [0.25, 0.3) is 0 Å². The number of ether oxygens (including phenoxy) is 1. The summed E-state index contributed by atoms with van der Waals surface area (Å²) in [6, 6.07) is 4.76. The van der Waals surface area contributed by atoms with Gasteiger partial charge in [0.1, 0.15) is 11.6 Å². The summed E-state index contributed by atoms with van der Waals surface area (Å²) in [5.41, 5.74) is 1.69. The Bertz CT molecular complexity index is 687. The molecule has 1 aromatic heterocycles. The first-order valence-electron chi connectivity index (χ1n) is 7.78. The molecule has 4 nitrogen and oxygen atoms in total. The molecule has 3 rings (SSSR count). The van der Waals surface area contributed by atoms with E-state index in [0.717, 1.165) is 43.6 Å². The molecule has 1 aliphatic rings. The molecular weight excluding hydrogens is 283 g/mol. The van der Waals surface area contributed by atoms with Crippen molar-refractivity contribution in [2.75, 3.05) is 7.11 Å². The van der Waals surface area contributed by atoms with Crippen LogP contribution in [0.25, 0.3) is 11.0 Å². The highest BCUT2D eigenvalue weighted by Crippen LogP contribution is 2.31. The number of hydrogen-bond donors (Lipinski definition) is 0. The lowest BCUT2D eigenvalue weighted by Gasteiger charge is -2.27. The topological polar surface area (TPSA) is 44.1 Å². The van der Waals surface area contributed by atoms with Crippen LogP contribution in [-0.2, 0) is 16.1 Å². The normalized spacial score (nSPS) is 22.0. The third-order valence-corrected chi connectivity index (χ3v) is 4.72. The number of halogens is 1. The first kappa shape index (κ1) is 15.0. The number of hydrogen-bond acceptors (Lipinski definition) is 3. The lowest BCUT2D eigenvalue weighted by molar-refractivity contribution is -0.146. The van der Waals surface area contributed by atoms with Gasteiger partial charge >= 0.3 is 5.97 Å². The molecule has 0 unspecified atom stereocenters. The van der Waals surface area contributed by atoms with Crippen LogP contribution in [0.5, 0.6) is 0 Å². The van der Waals surface area contributed by atoms with Gasteiger partial charge < -0.3 is 9.30 Å². The van der Waals surface area contributed by atoms with Gasteiger partial charge in [-0.3, -0.25) is 4.79 Å². The molecule has 1 heterocycles. The van der Waals surface area contributed by atoms with Gasteiger partial charge in [0, 0.05) is 12.6 Å². The standard InChI is InChI=1S/C17H21FN2O2/c1-11-19-15-9-14(18)7-8-16(15)20(11)10-12-3-5-13(6-4-12)17(21)22-2/h7-9,12-13H,3-6,10H2,1-2H3/t12-,13-. The zero-order chi connectivity index (χ0) is 15.7. The summed E-state index contributed by atoms with van der Waals surface area (Å²) < 4.78 is 20.3. The molecule has 0 aliphatic heterocycles. The Morgan fingerprint density at radius 1 is 1.36 bits per heavy atom. The number of methoxy groups -OCH3 is 1. The summed E-state index contributed by atoms with van der Waals surface area (Å²) in [5, 5.41) is 0. The number of benzene rings is 1. The van der Waals surface area contributed by atoms with Gasteiger partial charge in [0.05, 0.1) is 24.1 Å². The van der Waals surface area contributed by atoms with Crippen molar-refractivity contribution in [2.45, 2.75) is 39.2 Å². The van der Waals surface area contributed by atoms with E-state index in [1.54, 1.807) is 6.07 Å². The zero-order valence-electron chi connectivity index (χ0n) is 13.0. The van der Waals surface area contributed by atoms with Gasteiger partial charge in [0.2, 0.25) is 0 Å². The van der Waals surface area contributed by atoms with Crippen molar-refractivity contribution in [2.24, 2.45) is 11.8 Å². The second-order valence-corrected chi connectivity index (χ2v) is 6.14. The number of aryl methyl sites for hydroxylation is 1. The molecular formula is C17H21FN2O2. The molecule has 1 saturated carbocycles. The van der Waals surface area contributed by atoms with E-state index in [-0.39, 0.29) is 17.7 Å². The van der Waals surface area contributed by atoms with Crippen molar-refractivity contribution < 1.29 is 13.9 Å². The van der Waals surface area contributed by atoms with Crippen LogP contribution >= 0.6 is 0 Å². The minimum Gasteiger partial charge on any atom is -0.469 e. The Morgan fingerprint density at radius 2 is 2.09 bits per heavy atom. The molecule has 0 spiro atoms. The van der Waals surface area contributed by atoms with Gasteiger partial charge in [-0.1, -0.05) is 0 Å². The predicted octanol–water partition coefficient (Wildman–Crippen LogP) is 3.46. The minimum absolute atomic E-state index is 0.0518. The lowest BCUT2D eigenvalue weighted by Crippen LogP contribution is -2.25. The minimum atomic E-state index is -0.254. The third kappa shape index (κ3) is 2.85. The number of fused-ring (bicyclic) bond motifs is 1. The summed E-state index contributed by atoms with van der Waals surface area (Å²) in [6.07, 6.45) is 3.80. The van der Waals surface area contributed by atoms with Gasteiger partial charge in [-0.15, -0.1) is 0 Å². The molecule has 0 radical (unpaired) electrons. The first-order chi connectivity index (χ1) is 10.6. The summed E-state index contributed by atoms with van der Waals surface area (Å²) in [7, 11) is 1.45. The van der Waals surface area contributed by atoms with Crippen LogP contribution in [0, 0.1) is 24.6 Å². The van der Waals surface area contributed by atoms with E-state index in [9.17, 15) is 9.18 Å². The maximum Gasteiger partial charge on any atom is 0.308 e. The van der Waals surface area contributed by atoms with E-state index in [2.05, 4.69) is 9.55 Å². The average molecular weight is 304 g/mol. The van der Waals surface area contributed by atoms with E-state index < -0.39 is 0 Å². The summed E-state index contributed by atoms with van der Waals surface area (Å²) in [5.74, 6) is 1.16. The predicted molar refractivity (Wildman–Crippen MR) is 81.9 cm³/mol. The maximum absolute atomic E-state index is 13.3. The van der Waals surface area contributed by atoms with Crippen LogP contribution in [0.1, 0.15) is 31.5 Å². The molecule has 0 atom stereocenters. The number of esters is 1. The van der Waals surface area contributed by atoms with Crippen LogP contribution in [0.4, 0.5) is 4.39 Å². The number of nitrogens with zero attached hydrogens (tertiary/aromatic N) is 2. The van der Waals surface area contributed by atoms with Crippen molar-refractivity contribution in [1.29, 1.82) is 0 Å². The molecule has 0 bridgehead atoms. The molecule has 118 valence electrons. The van der Waals surface area contributed by atoms with Crippen LogP contribution < -0.4 is 0 Å². The quantitative estimate of drug-likeness (QED) is 0.816. The van der Waals surface area contributed by atoms with E-state index in [1.807, 2.05) is 6.92 Å². The van der Waals surface area contributed by atoms with E-state index >= 15 is 0 Å². The zero-order valence-corrected chi connectivity index (χ0v) is 13.0. The number of carbonyl (C=O) groups excluding carboxylic acids is 1. The molecule has 1 aromatic carbocycles. The Morgan fingerprint density at radius 3 is 2.77 bits per heavy atom. The fraction of sp³-hybridized carbons (Fsp3) is 0.529. The van der Waals surface area contributed by atoms with Gasteiger partial charge in [-0.25, -0.2) is 9.37 Å². The molecule has 1 fully saturated rings. The van der Waals surface area contributed by atoms with E-state index in [0.29, 0.717) is 11.4 Å². The molecule has 0 saturated heterocycles. The lowest BCUT2D eigenvalue weighted by atomic mass is 9.82. The molecule has 2 aromatic rings. The molecule has 5 heteroatoms. The third-order valence-electron chi connectivity index (χ3n) is 4.72. The largest absolute Gasteiger partial charge is 0.469 e. The second kappa shape index (κ2) is 6.07.